The molecule has 1 amide bonds. The number of rotatable bonds is 3. The maximum Gasteiger partial charge on any atom is 0.263 e. The molecule has 2 N–H and O–H groups in total. The van der Waals surface area contributed by atoms with Gasteiger partial charge < -0.3 is 15.4 Å². The van der Waals surface area contributed by atoms with Crippen molar-refractivity contribution in [2.45, 2.75) is 38.8 Å². The van der Waals surface area contributed by atoms with Crippen LogP contribution in [0, 0.1) is 6.92 Å². The van der Waals surface area contributed by atoms with E-state index in [0.717, 1.165) is 37.2 Å². The number of carbonyl (C=O) groups is 1. The highest BCUT2D eigenvalue weighted by Crippen LogP contribution is 2.16. The molecular weight excluding hydrogens is 276 g/mol. The maximum atomic E-state index is 12.3. The van der Waals surface area contributed by atoms with Gasteiger partial charge in [0.2, 0.25) is 0 Å². The molecule has 5 heteroatoms. The van der Waals surface area contributed by atoms with Crippen LogP contribution >= 0.6 is 12.4 Å². The van der Waals surface area contributed by atoms with E-state index in [1.54, 1.807) is 6.92 Å². The smallest absolute Gasteiger partial charge is 0.263 e. The number of ether oxygens (including phenoxy) is 1. The molecule has 1 saturated heterocycles. The second kappa shape index (κ2) is 7.50. The molecule has 0 aromatic heterocycles. The van der Waals surface area contributed by atoms with E-state index in [4.69, 9.17) is 10.5 Å². The summed E-state index contributed by atoms with van der Waals surface area (Å²) in [5, 5.41) is 0. The molecule has 0 aliphatic carbocycles. The summed E-state index contributed by atoms with van der Waals surface area (Å²) in [6.07, 6.45) is 1.31. The fourth-order valence-electron chi connectivity index (χ4n) is 2.32. The number of nitrogens with two attached hydrogens (primary N) is 1. The zero-order valence-electron chi connectivity index (χ0n) is 12.0. The Hall–Kier alpha value is -1.26. The molecule has 0 radical (unpaired) electrons. The molecule has 2 rings (SSSR count). The molecule has 1 aliphatic rings. The van der Waals surface area contributed by atoms with Crippen molar-refractivity contribution in [1.82, 2.24) is 4.90 Å². The van der Waals surface area contributed by atoms with E-state index in [1.807, 2.05) is 36.1 Å². The molecule has 112 valence electrons. The van der Waals surface area contributed by atoms with Crippen molar-refractivity contribution in [1.29, 1.82) is 0 Å². The van der Waals surface area contributed by atoms with Crippen molar-refractivity contribution in [2.75, 3.05) is 13.1 Å². The van der Waals surface area contributed by atoms with Crippen LogP contribution in [0.15, 0.2) is 24.3 Å². The summed E-state index contributed by atoms with van der Waals surface area (Å²) in [7, 11) is 0. The molecule has 1 aromatic carbocycles. The van der Waals surface area contributed by atoms with Crippen LogP contribution in [-0.4, -0.2) is 36.0 Å². The highest BCUT2D eigenvalue weighted by Gasteiger charge is 2.25. The standard InChI is InChI=1S/C15H22N2O2.ClH/c1-11-4-3-5-14(10-11)19-12(2)15(18)17-8-6-13(16)7-9-17;/h3-5,10,12-13H,6-9,16H2,1-2H3;1H. The lowest BCUT2D eigenvalue weighted by molar-refractivity contribution is -0.139. The number of carbonyl (C=O) groups excluding carboxylic acids is 1. The first-order chi connectivity index (χ1) is 9.06. The number of aryl methyl sites for hydroxylation is 1. The third-order valence-electron chi connectivity index (χ3n) is 3.50. The number of halogens is 1. The van der Waals surface area contributed by atoms with Gasteiger partial charge in [-0.1, -0.05) is 12.1 Å². The molecular formula is C15H23ClN2O2. The zero-order chi connectivity index (χ0) is 13.8. The third-order valence-corrected chi connectivity index (χ3v) is 3.50. The Morgan fingerprint density at radius 1 is 1.40 bits per heavy atom. The Kier molecular flexibility index (Phi) is 6.30. The van der Waals surface area contributed by atoms with E-state index in [0.29, 0.717) is 0 Å². The Morgan fingerprint density at radius 2 is 2.05 bits per heavy atom. The summed E-state index contributed by atoms with van der Waals surface area (Å²) in [6, 6.07) is 7.99. The van der Waals surface area contributed by atoms with E-state index in [-0.39, 0.29) is 24.4 Å². The number of hydrogen-bond donors (Lipinski definition) is 1. The van der Waals surface area contributed by atoms with Crippen LogP contribution in [0.5, 0.6) is 5.75 Å². The maximum absolute atomic E-state index is 12.3. The van der Waals surface area contributed by atoms with E-state index in [9.17, 15) is 4.79 Å². The summed E-state index contributed by atoms with van der Waals surface area (Å²) < 4.78 is 5.71. The predicted octanol–water partition coefficient (Wildman–Crippen LogP) is 2.13. The first kappa shape index (κ1) is 16.8. The van der Waals surface area contributed by atoms with Crippen molar-refractivity contribution in [2.24, 2.45) is 5.73 Å². The Labute approximate surface area is 126 Å². The molecule has 1 unspecified atom stereocenters. The van der Waals surface area contributed by atoms with E-state index in [1.165, 1.54) is 0 Å². The first-order valence-corrected chi connectivity index (χ1v) is 6.84. The first-order valence-electron chi connectivity index (χ1n) is 6.84. The fourth-order valence-corrected chi connectivity index (χ4v) is 2.32. The van der Waals surface area contributed by atoms with Gasteiger partial charge >= 0.3 is 0 Å². The average Bonchev–Trinajstić information content (AvgIpc) is 2.39. The molecule has 20 heavy (non-hydrogen) atoms. The Morgan fingerprint density at radius 3 is 2.65 bits per heavy atom. The molecule has 4 nitrogen and oxygen atoms in total. The van der Waals surface area contributed by atoms with Crippen molar-refractivity contribution in [3.05, 3.63) is 29.8 Å². The minimum absolute atomic E-state index is 0. The molecule has 0 bridgehead atoms. The topological polar surface area (TPSA) is 55.6 Å². The fraction of sp³-hybridized carbons (Fsp3) is 0.533. The number of likely N-dealkylation sites (tertiary alicyclic amines) is 1. The zero-order valence-corrected chi connectivity index (χ0v) is 12.9. The van der Waals surface area contributed by atoms with Gasteiger partial charge in [0, 0.05) is 19.1 Å². The molecule has 1 atom stereocenters. The summed E-state index contributed by atoms with van der Waals surface area (Å²) >= 11 is 0. The Balaban J connectivity index is 0.00000200. The van der Waals surface area contributed by atoms with E-state index < -0.39 is 6.10 Å². The number of nitrogens with zero attached hydrogens (tertiary/aromatic N) is 1. The lowest BCUT2D eigenvalue weighted by atomic mass is 10.1. The van der Waals surface area contributed by atoms with Gasteiger partial charge in [-0.05, 0) is 44.4 Å². The van der Waals surface area contributed by atoms with Crippen LogP contribution in [0.3, 0.4) is 0 Å². The van der Waals surface area contributed by atoms with Gasteiger partial charge in [0.15, 0.2) is 6.10 Å². The highest BCUT2D eigenvalue weighted by molar-refractivity contribution is 5.85. The van der Waals surface area contributed by atoms with Crippen LogP contribution in [-0.2, 0) is 4.79 Å². The van der Waals surface area contributed by atoms with Crippen molar-refractivity contribution < 1.29 is 9.53 Å². The lowest BCUT2D eigenvalue weighted by Gasteiger charge is -2.32. The number of hydrogen-bond acceptors (Lipinski definition) is 3. The predicted molar refractivity (Wildman–Crippen MR) is 82.3 cm³/mol. The Bertz CT molecular complexity index is 445. The van der Waals surface area contributed by atoms with Crippen LogP contribution in [0.4, 0.5) is 0 Å². The molecule has 1 aromatic rings. The SMILES string of the molecule is Cc1cccc(OC(C)C(=O)N2CCC(N)CC2)c1.Cl. The monoisotopic (exact) mass is 298 g/mol. The largest absolute Gasteiger partial charge is 0.481 e. The summed E-state index contributed by atoms with van der Waals surface area (Å²) in [5.41, 5.74) is 6.97. The van der Waals surface area contributed by atoms with Crippen LogP contribution in [0.25, 0.3) is 0 Å². The molecule has 0 spiro atoms. The van der Waals surface area contributed by atoms with E-state index >= 15 is 0 Å². The molecule has 1 fully saturated rings. The minimum Gasteiger partial charge on any atom is -0.481 e. The number of benzene rings is 1. The number of piperidine rings is 1. The van der Waals surface area contributed by atoms with Crippen molar-refractivity contribution >= 4 is 18.3 Å². The normalized spacial score (nSPS) is 17.2. The van der Waals surface area contributed by atoms with Gasteiger partial charge in [0.05, 0.1) is 0 Å². The van der Waals surface area contributed by atoms with Crippen molar-refractivity contribution in [3.63, 3.8) is 0 Å². The second-order valence-corrected chi connectivity index (χ2v) is 5.24. The summed E-state index contributed by atoms with van der Waals surface area (Å²) in [5.74, 6) is 0.794. The van der Waals surface area contributed by atoms with Crippen molar-refractivity contribution in [3.8, 4) is 5.75 Å². The minimum atomic E-state index is -0.448. The van der Waals surface area contributed by atoms with Gasteiger partial charge in [-0.2, -0.15) is 0 Å². The van der Waals surface area contributed by atoms with Gasteiger partial charge in [-0.25, -0.2) is 0 Å². The molecule has 1 aliphatic heterocycles. The van der Waals surface area contributed by atoms with Crippen LogP contribution in [0.2, 0.25) is 0 Å². The lowest BCUT2D eigenvalue weighted by Crippen LogP contribution is -2.47. The molecule has 0 saturated carbocycles. The average molecular weight is 299 g/mol. The highest BCUT2D eigenvalue weighted by atomic mass is 35.5. The van der Waals surface area contributed by atoms with E-state index in [2.05, 4.69) is 0 Å². The van der Waals surface area contributed by atoms with Gasteiger partial charge in [-0.15, -0.1) is 12.4 Å². The number of amides is 1. The molecule has 1 heterocycles. The summed E-state index contributed by atoms with van der Waals surface area (Å²) in [6.45, 7) is 5.29. The van der Waals surface area contributed by atoms with Gasteiger partial charge in [0.25, 0.3) is 5.91 Å². The third kappa shape index (κ3) is 4.39. The quantitative estimate of drug-likeness (QED) is 0.930. The van der Waals surface area contributed by atoms with Gasteiger partial charge in [-0.3, -0.25) is 4.79 Å². The van der Waals surface area contributed by atoms with Gasteiger partial charge in [0.1, 0.15) is 5.75 Å². The second-order valence-electron chi connectivity index (χ2n) is 5.24. The summed E-state index contributed by atoms with van der Waals surface area (Å²) in [4.78, 5) is 14.1. The van der Waals surface area contributed by atoms with Crippen LogP contribution < -0.4 is 10.5 Å². The van der Waals surface area contributed by atoms with Crippen LogP contribution in [0.1, 0.15) is 25.3 Å².